The van der Waals surface area contributed by atoms with Crippen LogP contribution in [-0.2, 0) is 21.7 Å². The number of anilines is 1. The lowest BCUT2D eigenvalue weighted by molar-refractivity contribution is -0.137. The van der Waals surface area contributed by atoms with Crippen molar-refractivity contribution in [1.82, 2.24) is 20.2 Å². The standard InChI is InChI=1S/C27H35N7O3/c1-17-20(27(2,31-13-5-6-23(35)36)26(37)34-14-3-4-15-34)11-12-21-24(17)33-22(32-21)16-30-19-9-7-18(8-10-19)25(28)29/h7-12,30-31H,3-6,13-16H2,1-2H3,(H3,28,29)(H,32,33)(H,35,36). The van der Waals surface area contributed by atoms with E-state index in [1.807, 2.05) is 43.0 Å². The second-order valence-electron chi connectivity index (χ2n) is 9.71. The van der Waals surface area contributed by atoms with Gasteiger partial charge in [-0.15, -0.1) is 0 Å². The summed E-state index contributed by atoms with van der Waals surface area (Å²) in [6.07, 6.45) is 2.47. The number of carbonyl (C=O) groups is 2. The van der Waals surface area contributed by atoms with Gasteiger partial charge in [-0.05, 0) is 81.1 Å². The van der Waals surface area contributed by atoms with Crippen molar-refractivity contribution < 1.29 is 14.7 Å². The highest BCUT2D eigenvalue weighted by Gasteiger charge is 2.40. The number of likely N-dealkylation sites (tertiary alicyclic amines) is 1. The van der Waals surface area contributed by atoms with Crippen LogP contribution < -0.4 is 16.4 Å². The van der Waals surface area contributed by atoms with Gasteiger partial charge in [0.15, 0.2) is 0 Å². The van der Waals surface area contributed by atoms with Crippen LogP contribution >= 0.6 is 0 Å². The third kappa shape index (κ3) is 5.75. The zero-order chi connectivity index (χ0) is 26.6. The summed E-state index contributed by atoms with van der Waals surface area (Å²) >= 11 is 0. The number of imidazole rings is 1. The number of carboxylic acid groups (broad SMARTS) is 1. The molecule has 1 aromatic heterocycles. The summed E-state index contributed by atoms with van der Waals surface area (Å²) in [4.78, 5) is 34.8. The minimum Gasteiger partial charge on any atom is -0.481 e. The number of amides is 1. The van der Waals surface area contributed by atoms with E-state index in [9.17, 15) is 9.59 Å². The van der Waals surface area contributed by atoms with Crippen LogP contribution in [0.25, 0.3) is 11.0 Å². The molecule has 1 fully saturated rings. The Morgan fingerprint density at radius 1 is 1.19 bits per heavy atom. The number of nitrogens with zero attached hydrogens (tertiary/aromatic N) is 2. The van der Waals surface area contributed by atoms with Crippen molar-refractivity contribution >= 4 is 34.4 Å². The molecule has 3 aromatic rings. The quantitative estimate of drug-likeness (QED) is 0.133. The highest BCUT2D eigenvalue weighted by molar-refractivity contribution is 5.95. The second kappa shape index (κ2) is 11.0. The van der Waals surface area contributed by atoms with Gasteiger partial charge in [0.05, 0.1) is 17.6 Å². The number of benzene rings is 2. The second-order valence-corrected chi connectivity index (χ2v) is 9.71. The lowest BCUT2D eigenvalue weighted by atomic mass is 9.86. The predicted molar refractivity (Wildman–Crippen MR) is 144 cm³/mol. The predicted octanol–water partition coefficient (Wildman–Crippen LogP) is 3.06. The van der Waals surface area contributed by atoms with E-state index >= 15 is 0 Å². The van der Waals surface area contributed by atoms with Crippen molar-refractivity contribution in [1.29, 1.82) is 5.41 Å². The number of rotatable bonds is 11. The highest BCUT2D eigenvalue weighted by Crippen LogP contribution is 2.32. The summed E-state index contributed by atoms with van der Waals surface area (Å²) in [5.74, 6) is -0.0526. The molecule has 0 bridgehead atoms. The van der Waals surface area contributed by atoms with Gasteiger partial charge < -0.3 is 26.0 Å². The van der Waals surface area contributed by atoms with Crippen molar-refractivity contribution in [3.63, 3.8) is 0 Å². The Hall–Kier alpha value is -3.92. The molecule has 4 rings (SSSR count). The zero-order valence-corrected chi connectivity index (χ0v) is 21.4. The first-order chi connectivity index (χ1) is 17.7. The lowest BCUT2D eigenvalue weighted by Crippen LogP contribution is -2.53. The molecule has 196 valence electrons. The summed E-state index contributed by atoms with van der Waals surface area (Å²) in [6.45, 7) is 6.22. The molecule has 1 unspecified atom stereocenters. The van der Waals surface area contributed by atoms with E-state index in [-0.39, 0.29) is 18.2 Å². The minimum absolute atomic E-state index is 0.00853. The molecule has 10 nitrogen and oxygen atoms in total. The molecule has 0 saturated carbocycles. The van der Waals surface area contributed by atoms with Crippen molar-refractivity contribution in [2.75, 3.05) is 25.0 Å². The number of amidine groups is 1. The number of nitrogens with two attached hydrogens (primary N) is 1. The number of aliphatic carboxylic acids is 1. The largest absolute Gasteiger partial charge is 0.481 e. The molecule has 7 N–H and O–H groups in total. The van der Waals surface area contributed by atoms with Gasteiger partial charge in [-0.3, -0.25) is 20.3 Å². The fourth-order valence-corrected chi connectivity index (χ4v) is 4.94. The maximum atomic E-state index is 13.7. The van der Waals surface area contributed by atoms with Crippen LogP contribution in [0.15, 0.2) is 36.4 Å². The van der Waals surface area contributed by atoms with Crippen molar-refractivity contribution in [3.05, 3.63) is 58.9 Å². The van der Waals surface area contributed by atoms with Gasteiger partial charge in [-0.1, -0.05) is 6.07 Å². The third-order valence-electron chi connectivity index (χ3n) is 7.02. The summed E-state index contributed by atoms with van der Waals surface area (Å²) in [5, 5.41) is 23.3. The van der Waals surface area contributed by atoms with Crippen LogP contribution in [0.2, 0.25) is 0 Å². The van der Waals surface area contributed by atoms with Gasteiger partial charge >= 0.3 is 5.97 Å². The summed E-state index contributed by atoms with van der Waals surface area (Å²) < 4.78 is 0. The lowest BCUT2D eigenvalue weighted by Gasteiger charge is -2.35. The molecule has 1 aliphatic heterocycles. The molecule has 1 atom stereocenters. The van der Waals surface area contributed by atoms with Gasteiger partial charge in [-0.2, -0.15) is 0 Å². The van der Waals surface area contributed by atoms with Gasteiger partial charge in [-0.25, -0.2) is 4.98 Å². The number of fused-ring (bicyclic) bond motifs is 1. The first-order valence-corrected chi connectivity index (χ1v) is 12.6. The molecule has 1 amide bonds. The number of nitrogens with one attached hydrogen (secondary N) is 4. The van der Waals surface area contributed by atoms with Crippen LogP contribution in [0, 0.1) is 12.3 Å². The van der Waals surface area contributed by atoms with Gasteiger partial charge in [0, 0.05) is 30.8 Å². The van der Waals surface area contributed by atoms with E-state index < -0.39 is 11.5 Å². The number of hydrogen-bond acceptors (Lipinski definition) is 6. The molecule has 1 aliphatic rings. The highest BCUT2D eigenvalue weighted by atomic mass is 16.4. The van der Waals surface area contributed by atoms with Crippen LogP contribution in [-0.4, -0.2) is 57.3 Å². The molecule has 10 heteroatoms. The molecule has 1 saturated heterocycles. The SMILES string of the molecule is Cc1c(C(C)(NCCCC(=O)O)C(=O)N2CCCC2)ccc2[nH]c(CNc3ccc(C(=N)N)cc3)nc12. The topological polar surface area (TPSA) is 160 Å². The molecule has 2 heterocycles. The third-order valence-corrected chi connectivity index (χ3v) is 7.02. The van der Waals surface area contributed by atoms with E-state index in [0.29, 0.717) is 25.1 Å². The fraction of sp³-hybridized carbons (Fsp3) is 0.407. The zero-order valence-electron chi connectivity index (χ0n) is 21.4. The van der Waals surface area contributed by atoms with Gasteiger partial charge in [0.25, 0.3) is 0 Å². The van der Waals surface area contributed by atoms with Gasteiger partial charge in [0.1, 0.15) is 17.2 Å². The first kappa shape index (κ1) is 26.2. The molecular formula is C27H35N7O3. The maximum Gasteiger partial charge on any atom is 0.303 e. The van der Waals surface area contributed by atoms with Crippen LogP contribution in [0.5, 0.6) is 0 Å². The Morgan fingerprint density at radius 3 is 2.54 bits per heavy atom. The molecule has 0 radical (unpaired) electrons. The number of H-pyrrole nitrogens is 1. The first-order valence-electron chi connectivity index (χ1n) is 12.6. The number of carbonyl (C=O) groups excluding carboxylic acids is 1. The van der Waals surface area contributed by atoms with Crippen LogP contribution in [0.4, 0.5) is 5.69 Å². The van der Waals surface area contributed by atoms with Crippen LogP contribution in [0.1, 0.15) is 55.1 Å². The average Bonchev–Trinajstić information content (AvgIpc) is 3.56. The van der Waals surface area contributed by atoms with Gasteiger partial charge in [0.2, 0.25) is 5.91 Å². The number of aryl methyl sites for hydroxylation is 1. The summed E-state index contributed by atoms with van der Waals surface area (Å²) in [7, 11) is 0. The van der Waals surface area contributed by atoms with E-state index in [1.165, 1.54) is 0 Å². The van der Waals surface area contributed by atoms with E-state index in [4.69, 9.17) is 21.2 Å². The molecule has 0 spiro atoms. The number of nitrogen functional groups attached to an aromatic ring is 1. The fourth-order valence-electron chi connectivity index (χ4n) is 4.94. The maximum absolute atomic E-state index is 13.7. The van der Waals surface area contributed by atoms with E-state index in [2.05, 4.69) is 15.6 Å². The molecule has 0 aliphatic carbocycles. The van der Waals surface area contributed by atoms with Crippen molar-refractivity contribution in [2.45, 2.75) is 51.6 Å². The Bertz CT molecular complexity index is 1300. The Morgan fingerprint density at radius 2 is 1.89 bits per heavy atom. The molecular weight excluding hydrogens is 470 g/mol. The minimum atomic E-state index is -0.989. The van der Waals surface area contributed by atoms with Crippen molar-refractivity contribution in [2.24, 2.45) is 5.73 Å². The normalized spacial score (nSPS) is 15.0. The van der Waals surface area contributed by atoms with Crippen LogP contribution in [0.3, 0.4) is 0 Å². The van der Waals surface area contributed by atoms with E-state index in [0.717, 1.165) is 59.6 Å². The smallest absolute Gasteiger partial charge is 0.303 e. The monoisotopic (exact) mass is 505 g/mol. The summed E-state index contributed by atoms with van der Waals surface area (Å²) in [5.41, 5.74) is 9.52. The number of aromatic amines is 1. The number of aromatic nitrogens is 2. The van der Waals surface area contributed by atoms with E-state index in [1.54, 1.807) is 12.1 Å². The Labute approximate surface area is 216 Å². The van der Waals surface area contributed by atoms with Crippen molar-refractivity contribution in [3.8, 4) is 0 Å². The summed E-state index contributed by atoms with van der Waals surface area (Å²) in [6, 6.07) is 11.2. The molecule has 2 aromatic carbocycles. The Kier molecular flexibility index (Phi) is 7.77. The Balaban J connectivity index is 1.57. The average molecular weight is 506 g/mol. The number of carboxylic acids is 1. The number of hydrogen-bond donors (Lipinski definition) is 6. The molecule has 37 heavy (non-hydrogen) atoms.